The molecule has 0 heterocycles. The number of carbonyl (C=O) groups is 4. The molecule has 47 heavy (non-hydrogen) atoms. The molecule has 1 atom stereocenters. The maximum atomic E-state index is 13.1. The molecule has 0 aliphatic carbocycles. The first-order valence-electron chi connectivity index (χ1n) is 14.5. The number of benzene rings is 4. The van der Waals surface area contributed by atoms with Gasteiger partial charge in [-0.2, -0.15) is 0 Å². The molecule has 0 fully saturated rings. The van der Waals surface area contributed by atoms with Gasteiger partial charge in [0.25, 0.3) is 5.91 Å². The molecule has 0 aromatic heterocycles. The number of hydrogen-bond donors (Lipinski definition) is 4. The van der Waals surface area contributed by atoms with Crippen molar-refractivity contribution in [2.75, 3.05) is 36.9 Å². The highest BCUT2D eigenvalue weighted by molar-refractivity contribution is 6.03. The minimum Gasteiger partial charge on any atom is -0.494 e. The van der Waals surface area contributed by atoms with Crippen molar-refractivity contribution in [1.29, 1.82) is 0 Å². The van der Waals surface area contributed by atoms with Crippen molar-refractivity contribution in [2.24, 2.45) is 0 Å². The number of methoxy groups -OCH3 is 3. The monoisotopic (exact) mass is 640 g/mol. The van der Waals surface area contributed by atoms with E-state index in [1.54, 1.807) is 60.7 Å². The second-order valence-corrected chi connectivity index (χ2v) is 10.4. The number of carbonyl (C=O) groups excluding carboxylic acids is 3. The lowest BCUT2D eigenvalue weighted by atomic mass is 10.0. The molecule has 244 valence electrons. The van der Waals surface area contributed by atoms with Crippen molar-refractivity contribution in [3.8, 4) is 17.2 Å². The number of urea groups is 1. The summed E-state index contributed by atoms with van der Waals surface area (Å²) in [6.07, 6.45) is -0.377. The molecule has 0 radical (unpaired) electrons. The third-order valence-electron chi connectivity index (χ3n) is 7.28. The van der Waals surface area contributed by atoms with Gasteiger partial charge in [0.05, 0.1) is 45.2 Å². The van der Waals surface area contributed by atoms with E-state index in [4.69, 9.17) is 14.2 Å². The van der Waals surface area contributed by atoms with Crippen molar-refractivity contribution in [1.82, 2.24) is 5.32 Å². The molecule has 0 unspecified atom stereocenters. The van der Waals surface area contributed by atoms with E-state index in [0.29, 0.717) is 45.6 Å². The van der Waals surface area contributed by atoms with Gasteiger partial charge in [-0.3, -0.25) is 19.3 Å². The minimum atomic E-state index is -1.11. The predicted octanol–water partition coefficient (Wildman–Crippen LogP) is 6.30. The van der Waals surface area contributed by atoms with Gasteiger partial charge >= 0.3 is 12.0 Å². The zero-order chi connectivity index (χ0) is 34.1. The summed E-state index contributed by atoms with van der Waals surface area (Å²) >= 11 is 0. The Bertz CT molecular complexity index is 1770. The second kappa shape index (κ2) is 15.3. The zero-order valence-electron chi connectivity index (χ0n) is 26.6. The molecule has 0 spiro atoms. The van der Waals surface area contributed by atoms with Crippen molar-refractivity contribution in [3.05, 3.63) is 102 Å². The van der Waals surface area contributed by atoms with Crippen LogP contribution in [0.3, 0.4) is 0 Å². The number of amides is 4. The Morgan fingerprint density at radius 2 is 1.38 bits per heavy atom. The Morgan fingerprint density at radius 1 is 0.745 bits per heavy atom. The summed E-state index contributed by atoms with van der Waals surface area (Å²) in [5, 5.41) is 17.9. The number of para-hydroxylation sites is 1. The normalized spacial score (nSPS) is 11.1. The van der Waals surface area contributed by atoms with Gasteiger partial charge in [-0.15, -0.1) is 0 Å². The molecule has 12 heteroatoms. The smallest absolute Gasteiger partial charge is 0.323 e. The van der Waals surface area contributed by atoms with Crippen LogP contribution in [0.25, 0.3) is 0 Å². The standard InChI is InChI=1S/C35H36N4O8/c1-21-8-6-7-9-27(21)37-35(44)38-28-16-15-26(19-31(28)46-4)39(22(2)40)25-13-10-23(11-14-25)29(20-33(41)42)36-34(43)24-12-17-30(45-3)32(18-24)47-5/h6-19,29H,20H2,1-5H3,(H,36,43)(H,41,42)(H2,37,38,44)/t29-/m1/s1. The lowest BCUT2D eigenvalue weighted by Gasteiger charge is -2.24. The number of hydrogen-bond acceptors (Lipinski definition) is 7. The molecule has 4 N–H and O–H groups in total. The zero-order valence-corrected chi connectivity index (χ0v) is 26.6. The van der Waals surface area contributed by atoms with Crippen LogP contribution in [0, 0.1) is 6.92 Å². The number of nitrogens with one attached hydrogen (secondary N) is 3. The number of carboxylic acids is 1. The molecule has 0 aliphatic heterocycles. The van der Waals surface area contributed by atoms with Gasteiger partial charge in [0.1, 0.15) is 5.75 Å². The SMILES string of the molecule is COc1cc(N(C(C)=O)c2ccc([C@@H](CC(=O)O)NC(=O)c3ccc(OC)c(OC)c3)cc2)ccc1NC(=O)Nc1ccccc1C. The van der Waals surface area contributed by atoms with Crippen LogP contribution in [-0.2, 0) is 9.59 Å². The largest absolute Gasteiger partial charge is 0.494 e. The average Bonchev–Trinajstić information content (AvgIpc) is 3.05. The summed E-state index contributed by atoms with van der Waals surface area (Å²) in [5.41, 5.74) is 3.70. The summed E-state index contributed by atoms with van der Waals surface area (Å²) in [4.78, 5) is 51.8. The van der Waals surface area contributed by atoms with Crippen LogP contribution < -0.4 is 35.1 Å². The van der Waals surface area contributed by atoms with Gasteiger partial charge in [0.15, 0.2) is 11.5 Å². The van der Waals surface area contributed by atoms with E-state index >= 15 is 0 Å². The molecule has 4 rings (SSSR count). The summed E-state index contributed by atoms with van der Waals surface area (Å²) < 4.78 is 16.0. The fourth-order valence-electron chi connectivity index (χ4n) is 4.93. The van der Waals surface area contributed by atoms with Crippen LogP contribution in [0.2, 0.25) is 0 Å². The highest BCUT2D eigenvalue weighted by atomic mass is 16.5. The van der Waals surface area contributed by atoms with Gasteiger partial charge in [-0.1, -0.05) is 30.3 Å². The van der Waals surface area contributed by atoms with Crippen molar-refractivity contribution in [3.63, 3.8) is 0 Å². The molecule has 0 saturated carbocycles. The maximum absolute atomic E-state index is 13.1. The quantitative estimate of drug-likeness (QED) is 0.141. The lowest BCUT2D eigenvalue weighted by Crippen LogP contribution is -2.30. The third-order valence-corrected chi connectivity index (χ3v) is 7.28. The molecule has 0 aliphatic rings. The Labute approximate surface area is 272 Å². The Kier molecular flexibility index (Phi) is 11.0. The second-order valence-electron chi connectivity index (χ2n) is 10.4. The molecule has 0 saturated heterocycles. The lowest BCUT2D eigenvalue weighted by molar-refractivity contribution is -0.137. The molecule has 12 nitrogen and oxygen atoms in total. The number of ether oxygens (including phenoxy) is 3. The summed E-state index contributed by atoms with van der Waals surface area (Å²) in [6.45, 7) is 3.29. The van der Waals surface area contributed by atoms with Crippen LogP contribution in [-0.4, -0.2) is 50.3 Å². The van der Waals surface area contributed by atoms with Crippen molar-refractivity contribution < 1.29 is 38.5 Å². The van der Waals surface area contributed by atoms with Crippen LogP contribution in [0.1, 0.15) is 40.9 Å². The van der Waals surface area contributed by atoms with Gasteiger partial charge in [0.2, 0.25) is 5.91 Å². The fraction of sp³-hybridized carbons (Fsp3) is 0.200. The minimum absolute atomic E-state index is 0.261. The topological polar surface area (TPSA) is 156 Å². The van der Waals surface area contributed by atoms with E-state index in [9.17, 15) is 24.3 Å². The molecule has 4 aromatic carbocycles. The van der Waals surface area contributed by atoms with Crippen LogP contribution >= 0.6 is 0 Å². The number of rotatable bonds is 12. The van der Waals surface area contributed by atoms with E-state index in [1.165, 1.54) is 39.2 Å². The maximum Gasteiger partial charge on any atom is 0.323 e. The Balaban J connectivity index is 1.55. The molecule has 4 aromatic rings. The number of nitrogens with zero attached hydrogens (tertiary/aromatic N) is 1. The number of anilines is 4. The van der Waals surface area contributed by atoms with Crippen molar-refractivity contribution >= 4 is 46.6 Å². The molecular weight excluding hydrogens is 604 g/mol. The van der Waals surface area contributed by atoms with Gasteiger partial charge in [0, 0.05) is 29.9 Å². The van der Waals surface area contributed by atoms with Crippen LogP contribution in [0.15, 0.2) is 84.9 Å². The highest BCUT2D eigenvalue weighted by Crippen LogP contribution is 2.35. The van der Waals surface area contributed by atoms with Gasteiger partial charge in [-0.05, 0) is 66.6 Å². The van der Waals surface area contributed by atoms with Crippen LogP contribution in [0.4, 0.5) is 27.5 Å². The van der Waals surface area contributed by atoms with E-state index in [2.05, 4.69) is 16.0 Å². The first-order valence-corrected chi connectivity index (χ1v) is 14.5. The number of aliphatic carboxylic acids is 1. The van der Waals surface area contributed by atoms with Crippen LogP contribution in [0.5, 0.6) is 17.2 Å². The number of carboxylic acid groups (broad SMARTS) is 1. The predicted molar refractivity (Wildman–Crippen MR) is 178 cm³/mol. The fourth-order valence-corrected chi connectivity index (χ4v) is 4.93. The summed E-state index contributed by atoms with van der Waals surface area (Å²) in [6, 6.07) is 22.2. The van der Waals surface area contributed by atoms with Gasteiger partial charge < -0.3 is 35.3 Å². The first kappa shape index (κ1) is 33.8. The van der Waals surface area contributed by atoms with E-state index in [0.717, 1.165) is 5.56 Å². The Morgan fingerprint density at radius 3 is 2.00 bits per heavy atom. The van der Waals surface area contributed by atoms with E-state index in [-0.39, 0.29) is 17.9 Å². The summed E-state index contributed by atoms with van der Waals surface area (Å²) in [7, 11) is 4.39. The summed E-state index contributed by atoms with van der Waals surface area (Å²) in [5.74, 6) is -0.782. The molecule has 4 amide bonds. The van der Waals surface area contributed by atoms with Gasteiger partial charge in [-0.25, -0.2) is 4.79 Å². The van der Waals surface area contributed by atoms with E-state index in [1.807, 2.05) is 25.1 Å². The van der Waals surface area contributed by atoms with E-state index < -0.39 is 23.9 Å². The highest BCUT2D eigenvalue weighted by Gasteiger charge is 2.22. The molecule has 0 bridgehead atoms. The van der Waals surface area contributed by atoms with Crippen molar-refractivity contribution in [2.45, 2.75) is 26.3 Å². The average molecular weight is 641 g/mol. The first-order chi connectivity index (χ1) is 22.5. The third kappa shape index (κ3) is 8.37. The number of aryl methyl sites for hydroxylation is 1. The molecular formula is C35H36N4O8. The Hall–Kier alpha value is -6.04.